The van der Waals surface area contributed by atoms with Gasteiger partial charge in [0.05, 0.1) is 0 Å². The van der Waals surface area contributed by atoms with Crippen molar-refractivity contribution >= 4 is 5.97 Å². The Morgan fingerprint density at radius 2 is 1.95 bits per heavy atom. The Morgan fingerprint density at radius 3 is 2.37 bits per heavy atom. The molecule has 0 aromatic heterocycles. The van der Waals surface area contributed by atoms with Crippen LogP contribution in [-0.4, -0.2) is 41.1 Å². The van der Waals surface area contributed by atoms with E-state index in [1.54, 1.807) is 0 Å². The van der Waals surface area contributed by atoms with Crippen LogP contribution >= 0.6 is 0 Å². The third kappa shape index (κ3) is 4.46. The number of piperidine rings is 1. The summed E-state index contributed by atoms with van der Waals surface area (Å²) in [6.45, 7) is 9.75. The molecule has 1 aliphatic heterocycles. The van der Waals surface area contributed by atoms with Crippen molar-refractivity contribution in [3.63, 3.8) is 0 Å². The fourth-order valence-electron chi connectivity index (χ4n) is 2.72. The fourth-order valence-corrected chi connectivity index (χ4v) is 2.72. The average molecular weight is 270 g/mol. The van der Waals surface area contributed by atoms with E-state index in [4.69, 9.17) is 10.8 Å². The Hall–Kier alpha value is -0.610. The number of hydrogen-bond donors (Lipinski definition) is 2. The first-order chi connectivity index (χ1) is 8.85. The SMILES string of the molecule is CCC1(C)CCN(CCCC(N)(CC)C(=O)O)CC1. The molecule has 0 aromatic rings. The van der Waals surface area contributed by atoms with Gasteiger partial charge in [0.2, 0.25) is 0 Å². The molecule has 1 fully saturated rings. The largest absolute Gasteiger partial charge is 0.480 e. The Balaban J connectivity index is 2.30. The van der Waals surface area contributed by atoms with Crippen LogP contribution < -0.4 is 5.73 Å². The lowest BCUT2D eigenvalue weighted by molar-refractivity contribution is -0.143. The smallest absolute Gasteiger partial charge is 0.323 e. The van der Waals surface area contributed by atoms with Crippen molar-refractivity contribution in [3.8, 4) is 0 Å². The minimum atomic E-state index is -1.03. The molecule has 1 unspecified atom stereocenters. The third-order valence-corrected chi connectivity index (χ3v) is 5.07. The molecular formula is C15H30N2O2. The Bertz CT molecular complexity index is 299. The first-order valence-electron chi connectivity index (χ1n) is 7.60. The first kappa shape index (κ1) is 16.4. The van der Waals surface area contributed by atoms with Crippen molar-refractivity contribution < 1.29 is 9.90 Å². The van der Waals surface area contributed by atoms with E-state index in [-0.39, 0.29) is 0 Å². The quantitative estimate of drug-likeness (QED) is 0.746. The number of hydrogen-bond acceptors (Lipinski definition) is 3. The van der Waals surface area contributed by atoms with Crippen molar-refractivity contribution in [3.05, 3.63) is 0 Å². The van der Waals surface area contributed by atoms with Gasteiger partial charge in [-0.25, -0.2) is 0 Å². The number of nitrogens with zero attached hydrogens (tertiary/aromatic N) is 1. The van der Waals surface area contributed by atoms with Crippen molar-refractivity contribution in [2.75, 3.05) is 19.6 Å². The van der Waals surface area contributed by atoms with Gasteiger partial charge in [0.15, 0.2) is 0 Å². The van der Waals surface area contributed by atoms with Gasteiger partial charge >= 0.3 is 5.97 Å². The number of nitrogens with two attached hydrogens (primary N) is 1. The number of carboxylic acids is 1. The minimum Gasteiger partial charge on any atom is -0.480 e. The summed E-state index contributed by atoms with van der Waals surface area (Å²) in [6.07, 6.45) is 5.70. The van der Waals surface area contributed by atoms with E-state index in [0.29, 0.717) is 18.3 Å². The molecule has 0 radical (unpaired) electrons. The Labute approximate surface area is 117 Å². The molecule has 0 aromatic carbocycles. The molecule has 3 N–H and O–H groups in total. The zero-order chi connectivity index (χ0) is 14.5. The van der Waals surface area contributed by atoms with Gasteiger partial charge in [-0.05, 0) is 57.2 Å². The highest BCUT2D eigenvalue weighted by atomic mass is 16.4. The molecule has 19 heavy (non-hydrogen) atoms. The first-order valence-corrected chi connectivity index (χ1v) is 7.60. The molecule has 112 valence electrons. The number of likely N-dealkylation sites (tertiary alicyclic amines) is 1. The predicted octanol–water partition coefficient (Wildman–Crippen LogP) is 2.47. The molecule has 1 rings (SSSR count). The summed E-state index contributed by atoms with van der Waals surface area (Å²) in [6, 6.07) is 0. The van der Waals surface area contributed by atoms with E-state index in [1.165, 1.54) is 19.3 Å². The highest BCUT2D eigenvalue weighted by Crippen LogP contribution is 2.33. The van der Waals surface area contributed by atoms with Crippen LogP contribution in [0.2, 0.25) is 0 Å². The van der Waals surface area contributed by atoms with Crippen LogP contribution in [0.1, 0.15) is 59.3 Å². The maximum atomic E-state index is 11.1. The molecule has 0 aliphatic carbocycles. The lowest BCUT2D eigenvalue weighted by atomic mass is 9.78. The molecule has 0 bridgehead atoms. The molecule has 0 saturated carbocycles. The van der Waals surface area contributed by atoms with Gasteiger partial charge in [0, 0.05) is 0 Å². The molecular weight excluding hydrogens is 240 g/mol. The van der Waals surface area contributed by atoms with Crippen LogP contribution in [0.15, 0.2) is 0 Å². The van der Waals surface area contributed by atoms with Gasteiger partial charge in [-0.15, -0.1) is 0 Å². The zero-order valence-corrected chi connectivity index (χ0v) is 12.7. The number of carboxylic acid groups (broad SMARTS) is 1. The van der Waals surface area contributed by atoms with Gasteiger partial charge in [-0.1, -0.05) is 27.2 Å². The van der Waals surface area contributed by atoms with Crippen LogP contribution in [0.25, 0.3) is 0 Å². The maximum absolute atomic E-state index is 11.1. The second kappa shape index (κ2) is 6.71. The molecule has 1 atom stereocenters. The van der Waals surface area contributed by atoms with Crippen LogP contribution in [0.5, 0.6) is 0 Å². The van der Waals surface area contributed by atoms with Crippen molar-refractivity contribution in [1.29, 1.82) is 0 Å². The minimum absolute atomic E-state index is 0.496. The number of aliphatic carboxylic acids is 1. The summed E-state index contributed by atoms with van der Waals surface area (Å²) in [5.41, 5.74) is 5.38. The van der Waals surface area contributed by atoms with Crippen molar-refractivity contribution in [1.82, 2.24) is 4.90 Å². The topological polar surface area (TPSA) is 66.6 Å². The Morgan fingerprint density at radius 1 is 1.37 bits per heavy atom. The number of rotatable bonds is 7. The van der Waals surface area contributed by atoms with E-state index < -0.39 is 11.5 Å². The summed E-state index contributed by atoms with van der Waals surface area (Å²) in [5, 5.41) is 9.13. The standard InChI is InChI=1S/C15H30N2O2/c1-4-14(3)8-11-17(12-9-14)10-6-7-15(16,5-2)13(18)19/h4-12,16H2,1-3H3,(H,18,19). The van der Waals surface area contributed by atoms with Gasteiger partial charge < -0.3 is 15.7 Å². The predicted molar refractivity (Wildman–Crippen MR) is 78.2 cm³/mol. The molecule has 1 saturated heterocycles. The summed E-state index contributed by atoms with van der Waals surface area (Å²) >= 11 is 0. The monoisotopic (exact) mass is 270 g/mol. The molecule has 4 heteroatoms. The lowest BCUT2D eigenvalue weighted by Crippen LogP contribution is -2.48. The lowest BCUT2D eigenvalue weighted by Gasteiger charge is -2.39. The zero-order valence-electron chi connectivity index (χ0n) is 12.7. The van der Waals surface area contributed by atoms with Crippen LogP contribution in [0, 0.1) is 5.41 Å². The maximum Gasteiger partial charge on any atom is 0.323 e. The van der Waals surface area contributed by atoms with Crippen molar-refractivity contribution in [2.24, 2.45) is 11.1 Å². The summed E-state index contributed by atoms with van der Waals surface area (Å²) in [4.78, 5) is 13.6. The second-order valence-electron chi connectivity index (χ2n) is 6.42. The fraction of sp³-hybridized carbons (Fsp3) is 0.933. The summed E-state index contributed by atoms with van der Waals surface area (Å²) in [5.74, 6) is -0.868. The normalized spacial score (nSPS) is 22.9. The Kier molecular flexibility index (Phi) is 5.81. The molecule has 0 spiro atoms. The van der Waals surface area contributed by atoms with Gasteiger partial charge in [-0.3, -0.25) is 4.79 Å². The van der Waals surface area contributed by atoms with Gasteiger partial charge in [0.25, 0.3) is 0 Å². The second-order valence-corrected chi connectivity index (χ2v) is 6.42. The van der Waals surface area contributed by atoms with E-state index in [1.807, 2.05) is 6.92 Å². The highest BCUT2D eigenvalue weighted by Gasteiger charge is 2.32. The van der Waals surface area contributed by atoms with Crippen LogP contribution in [-0.2, 0) is 4.79 Å². The molecule has 1 heterocycles. The summed E-state index contributed by atoms with van der Waals surface area (Å²) < 4.78 is 0. The van der Waals surface area contributed by atoms with Crippen molar-refractivity contribution in [2.45, 2.75) is 64.8 Å². The van der Waals surface area contributed by atoms with Crippen LogP contribution in [0.4, 0.5) is 0 Å². The van der Waals surface area contributed by atoms with E-state index >= 15 is 0 Å². The summed E-state index contributed by atoms with van der Waals surface area (Å²) in [7, 11) is 0. The van der Waals surface area contributed by atoms with E-state index in [2.05, 4.69) is 18.7 Å². The average Bonchev–Trinajstić information content (AvgIpc) is 2.40. The molecule has 1 aliphatic rings. The van der Waals surface area contributed by atoms with E-state index in [0.717, 1.165) is 26.1 Å². The van der Waals surface area contributed by atoms with Crippen LogP contribution in [0.3, 0.4) is 0 Å². The van der Waals surface area contributed by atoms with Gasteiger partial charge in [0.1, 0.15) is 5.54 Å². The van der Waals surface area contributed by atoms with Gasteiger partial charge in [-0.2, -0.15) is 0 Å². The molecule has 0 amide bonds. The van der Waals surface area contributed by atoms with E-state index in [9.17, 15) is 4.79 Å². The third-order valence-electron chi connectivity index (χ3n) is 5.07. The highest BCUT2D eigenvalue weighted by molar-refractivity contribution is 5.78. The molecule has 4 nitrogen and oxygen atoms in total. The number of carbonyl (C=O) groups is 1.